The lowest BCUT2D eigenvalue weighted by Gasteiger charge is -2.29. The van der Waals surface area contributed by atoms with Gasteiger partial charge in [-0.3, -0.25) is 15.4 Å². The van der Waals surface area contributed by atoms with Gasteiger partial charge in [0.15, 0.2) is 5.65 Å². The molecule has 9 nitrogen and oxygen atoms in total. The van der Waals surface area contributed by atoms with Crippen LogP contribution >= 0.6 is 0 Å². The fourth-order valence-corrected chi connectivity index (χ4v) is 2.46. The highest BCUT2D eigenvalue weighted by Crippen LogP contribution is 2.20. The van der Waals surface area contributed by atoms with E-state index in [-0.39, 0.29) is 6.04 Å². The third kappa shape index (κ3) is 3.20. The number of hydrazine groups is 1. The van der Waals surface area contributed by atoms with Gasteiger partial charge in [0.2, 0.25) is 5.95 Å². The summed E-state index contributed by atoms with van der Waals surface area (Å²) in [7, 11) is 0. The Hall–Kier alpha value is -1.97. The molecule has 1 fully saturated rings. The van der Waals surface area contributed by atoms with Gasteiger partial charge in [0.1, 0.15) is 5.82 Å². The highest BCUT2D eigenvalue weighted by atomic mass is 16.5. The molecule has 1 atom stereocenters. The maximum Gasteiger partial charge on any atom is 0.241 e. The molecule has 0 amide bonds. The number of aromatic amines is 1. The Balaban J connectivity index is 1.72. The van der Waals surface area contributed by atoms with E-state index >= 15 is 0 Å². The molecule has 2 aromatic rings. The number of rotatable bonds is 5. The number of nitrogens with one attached hydrogen (secondary N) is 3. The number of aromatic nitrogens is 4. The summed E-state index contributed by atoms with van der Waals surface area (Å²) in [5.74, 6) is 6.48. The minimum Gasteiger partial charge on any atom is -0.379 e. The van der Waals surface area contributed by atoms with Gasteiger partial charge >= 0.3 is 0 Å². The average molecular weight is 292 g/mol. The molecule has 1 unspecified atom stereocenters. The van der Waals surface area contributed by atoms with E-state index in [0.29, 0.717) is 11.6 Å². The quantitative estimate of drug-likeness (QED) is 0.441. The van der Waals surface area contributed by atoms with Gasteiger partial charge in [-0.05, 0) is 6.92 Å². The Labute approximate surface area is 122 Å². The largest absolute Gasteiger partial charge is 0.379 e. The molecule has 3 heterocycles. The number of nitrogens with zero attached hydrogens (tertiary/aromatic N) is 4. The molecule has 21 heavy (non-hydrogen) atoms. The molecule has 5 N–H and O–H groups in total. The summed E-state index contributed by atoms with van der Waals surface area (Å²) in [6, 6.07) is 0.238. The number of nitrogens with two attached hydrogens (primary N) is 1. The van der Waals surface area contributed by atoms with E-state index in [9.17, 15) is 0 Å². The Morgan fingerprint density at radius 2 is 2.24 bits per heavy atom. The number of H-pyrrole nitrogens is 1. The fourth-order valence-electron chi connectivity index (χ4n) is 2.46. The van der Waals surface area contributed by atoms with Crippen LogP contribution in [-0.4, -0.2) is 64.0 Å². The molecule has 0 aliphatic carbocycles. The van der Waals surface area contributed by atoms with Crippen LogP contribution in [0.3, 0.4) is 0 Å². The second kappa shape index (κ2) is 6.20. The topological polar surface area (TPSA) is 117 Å². The van der Waals surface area contributed by atoms with Crippen molar-refractivity contribution in [2.45, 2.75) is 13.0 Å². The third-order valence-corrected chi connectivity index (χ3v) is 3.46. The molecule has 0 spiro atoms. The van der Waals surface area contributed by atoms with E-state index < -0.39 is 0 Å². The Bertz CT molecular complexity index is 594. The van der Waals surface area contributed by atoms with E-state index in [1.807, 2.05) is 0 Å². The standard InChI is InChI=1S/C12H20N8O/c1-8(7-20-2-4-21-5-3-20)15-10-9-6-14-19-11(9)17-12(16-10)18-13/h6,8H,2-5,7,13H2,1H3,(H3,14,15,16,17,18,19). The summed E-state index contributed by atoms with van der Waals surface area (Å²) < 4.78 is 5.36. The maximum absolute atomic E-state index is 5.40. The molecule has 9 heteroatoms. The number of ether oxygens (including phenoxy) is 1. The zero-order valence-electron chi connectivity index (χ0n) is 12.0. The van der Waals surface area contributed by atoms with Crippen LogP contribution in [0, 0.1) is 0 Å². The number of fused-ring (bicyclic) bond motifs is 1. The zero-order chi connectivity index (χ0) is 14.7. The van der Waals surface area contributed by atoms with Crippen molar-refractivity contribution in [3.8, 4) is 0 Å². The Kier molecular flexibility index (Phi) is 4.13. The molecule has 114 valence electrons. The second-order valence-electron chi connectivity index (χ2n) is 5.13. The molecule has 0 bridgehead atoms. The monoisotopic (exact) mass is 292 g/mol. The minimum absolute atomic E-state index is 0.238. The first kappa shape index (κ1) is 14.0. The molecule has 2 aromatic heterocycles. The molecule has 0 aromatic carbocycles. The van der Waals surface area contributed by atoms with E-state index in [1.165, 1.54) is 0 Å². The SMILES string of the molecule is CC(CN1CCOCC1)Nc1nc(NN)nc2[nH]ncc12. The smallest absolute Gasteiger partial charge is 0.241 e. The molecule has 1 aliphatic heterocycles. The van der Waals surface area contributed by atoms with Crippen molar-refractivity contribution in [3.05, 3.63) is 6.20 Å². The van der Waals surface area contributed by atoms with Crippen molar-refractivity contribution in [1.82, 2.24) is 25.1 Å². The van der Waals surface area contributed by atoms with Crippen LogP contribution in [-0.2, 0) is 4.74 Å². The molecular formula is C12H20N8O. The van der Waals surface area contributed by atoms with Crippen LogP contribution < -0.4 is 16.6 Å². The third-order valence-electron chi connectivity index (χ3n) is 3.46. The second-order valence-corrected chi connectivity index (χ2v) is 5.13. The van der Waals surface area contributed by atoms with Crippen LogP contribution in [0.4, 0.5) is 11.8 Å². The van der Waals surface area contributed by atoms with Gasteiger partial charge < -0.3 is 10.1 Å². The van der Waals surface area contributed by atoms with E-state index in [4.69, 9.17) is 10.6 Å². The van der Waals surface area contributed by atoms with E-state index in [0.717, 1.165) is 44.1 Å². The van der Waals surface area contributed by atoms with Gasteiger partial charge in [-0.15, -0.1) is 0 Å². The molecule has 1 saturated heterocycles. The van der Waals surface area contributed by atoms with Crippen LogP contribution in [0.2, 0.25) is 0 Å². The lowest BCUT2D eigenvalue weighted by molar-refractivity contribution is 0.0368. The summed E-state index contributed by atoms with van der Waals surface area (Å²) in [6.07, 6.45) is 1.71. The van der Waals surface area contributed by atoms with Gasteiger partial charge in [-0.25, -0.2) is 5.84 Å². The Morgan fingerprint density at radius 1 is 1.43 bits per heavy atom. The lowest BCUT2D eigenvalue weighted by Crippen LogP contribution is -2.42. The number of nitrogen functional groups attached to an aromatic ring is 1. The first-order chi connectivity index (χ1) is 10.3. The van der Waals surface area contributed by atoms with Gasteiger partial charge in [-0.2, -0.15) is 15.1 Å². The summed E-state index contributed by atoms with van der Waals surface area (Å²) >= 11 is 0. The predicted octanol–water partition coefficient (Wildman–Crippen LogP) is -0.229. The number of hydrogen-bond donors (Lipinski definition) is 4. The van der Waals surface area contributed by atoms with Gasteiger partial charge in [-0.1, -0.05) is 0 Å². The normalized spacial score (nSPS) is 17.8. The van der Waals surface area contributed by atoms with Crippen molar-refractivity contribution < 1.29 is 4.74 Å². The minimum atomic E-state index is 0.238. The van der Waals surface area contributed by atoms with Crippen molar-refractivity contribution in [3.63, 3.8) is 0 Å². The van der Waals surface area contributed by atoms with Crippen molar-refractivity contribution in [2.75, 3.05) is 43.6 Å². The van der Waals surface area contributed by atoms with E-state index in [1.54, 1.807) is 6.20 Å². The maximum atomic E-state index is 5.40. The number of morpholine rings is 1. The van der Waals surface area contributed by atoms with Crippen LogP contribution in [0.5, 0.6) is 0 Å². The van der Waals surface area contributed by atoms with Crippen molar-refractivity contribution >= 4 is 22.8 Å². The van der Waals surface area contributed by atoms with E-state index in [2.05, 4.69) is 42.7 Å². The molecule has 3 rings (SSSR count). The van der Waals surface area contributed by atoms with Crippen LogP contribution in [0.1, 0.15) is 6.92 Å². The van der Waals surface area contributed by atoms with Crippen molar-refractivity contribution in [2.24, 2.45) is 5.84 Å². The highest BCUT2D eigenvalue weighted by molar-refractivity contribution is 5.87. The van der Waals surface area contributed by atoms with Crippen LogP contribution in [0.25, 0.3) is 11.0 Å². The highest BCUT2D eigenvalue weighted by Gasteiger charge is 2.16. The fraction of sp³-hybridized carbons (Fsp3) is 0.583. The zero-order valence-corrected chi connectivity index (χ0v) is 12.0. The van der Waals surface area contributed by atoms with Crippen LogP contribution in [0.15, 0.2) is 6.20 Å². The summed E-state index contributed by atoms with van der Waals surface area (Å²) in [4.78, 5) is 10.9. The molecule has 0 radical (unpaired) electrons. The first-order valence-electron chi connectivity index (χ1n) is 7.00. The predicted molar refractivity (Wildman–Crippen MR) is 79.8 cm³/mol. The van der Waals surface area contributed by atoms with Crippen molar-refractivity contribution in [1.29, 1.82) is 0 Å². The Morgan fingerprint density at radius 3 is 3.00 bits per heavy atom. The number of anilines is 2. The lowest BCUT2D eigenvalue weighted by atomic mass is 10.2. The van der Waals surface area contributed by atoms with Gasteiger partial charge in [0.25, 0.3) is 0 Å². The molecule has 0 saturated carbocycles. The molecular weight excluding hydrogens is 272 g/mol. The van der Waals surface area contributed by atoms with Gasteiger partial charge in [0.05, 0.1) is 24.8 Å². The summed E-state index contributed by atoms with van der Waals surface area (Å²) in [5.41, 5.74) is 3.12. The molecule has 1 aliphatic rings. The first-order valence-corrected chi connectivity index (χ1v) is 7.00. The summed E-state index contributed by atoms with van der Waals surface area (Å²) in [5, 5.41) is 11.1. The van der Waals surface area contributed by atoms with Gasteiger partial charge in [0, 0.05) is 25.7 Å². The summed E-state index contributed by atoms with van der Waals surface area (Å²) in [6.45, 7) is 6.58. The number of hydrogen-bond acceptors (Lipinski definition) is 8. The average Bonchev–Trinajstić information content (AvgIpc) is 2.96.